The molecule has 1 heterocycles. The maximum absolute atomic E-state index is 12.3. The number of likely N-dealkylation sites (tertiary alicyclic amines) is 1. The van der Waals surface area contributed by atoms with E-state index in [9.17, 15) is 9.59 Å². The fourth-order valence-electron chi connectivity index (χ4n) is 2.80. The molecule has 5 heteroatoms. The molecular weight excluding hydrogens is 268 g/mol. The highest BCUT2D eigenvalue weighted by Gasteiger charge is 2.29. The van der Waals surface area contributed by atoms with Gasteiger partial charge >= 0.3 is 6.03 Å². The summed E-state index contributed by atoms with van der Waals surface area (Å²) in [5.74, 6) is 0.295. The number of carbonyl (C=O) groups is 2. The van der Waals surface area contributed by atoms with Crippen molar-refractivity contribution in [3.05, 3.63) is 29.8 Å². The molecule has 2 rings (SSSR count). The lowest BCUT2D eigenvalue weighted by Crippen LogP contribution is -2.53. The van der Waals surface area contributed by atoms with E-state index in [0.717, 1.165) is 19.3 Å². The summed E-state index contributed by atoms with van der Waals surface area (Å²) < 4.78 is 5.05. The SMILES string of the molecule is COc1ccc(C(=O)NC(=O)N2C(C)CCCC2C)cc1. The van der Waals surface area contributed by atoms with Gasteiger partial charge in [0.15, 0.2) is 0 Å². The van der Waals surface area contributed by atoms with Gasteiger partial charge in [-0.1, -0.05) is 0 Å². The van der Waals surface area contributed by atoms with Crippen molar-refractivity contribution in [3.8, 4) is 5.75 Å². The lowest BCUT2D eigenvalue weighted by atomic mass is 9.98. The molecule has 1 aliphatic rings. The molecule has 3 amide bonds. The van der Waals surface area contributed by atoms with Crippen LogP contribution in [0.1, 0.15) is 43.5 Å². The second kappa shape index (κ2) is 6.61. The number of urea groups is 1. The Labute approximate surface area is 125 Å². The van der Waals surface area contributed by atoms with Crippen molar-refractivity contribution in [1.82, 2.24) is 10.2 Å². The molecular formula is C16H22N2O3. The van der Waals surface area contributed by atoms with Crippen LogP contribution in [-0.4, -0.2) is 36.0 Å². The Balaban J connectivity index is 2.02. The van der Waals surface area contributed by atoms with Crippen LogP contribution in [0.15, 0.2) is 24.3 Å². The van der Waals surface area contributed by atoms with Gasteiger partial charge in [0, 0.05) is 17.6 Å². The lowest BCUT2D eigenvalue weighted by molar-refractivity contribution is 0.0908. The molecule has 0 saturated carbocycles. The van der Waals surface area contributed by atoms with Crippen LogP contribution < -0.4 is 10.1 Å². The summed E-state index contributed by atoms with van der Waals surface area (Å²) in [6.45, 7) is 4.04. The molecule has 0 aromatic heterocycles. The second-order valence-electron chi connectivity index (χ2n) is 5.52. The fourth-order valence-corrected chi connectivity index (χ4v) is 2.80. The molecule has 1 aromatic carbocycles. The number of methoxy groups -OCH3 is 1. The summed E-state index contributed by atoms with van der Waals surface area (Å²) in [4.78, 5) is 26.2. The monoisotopic (exact) mass is 290 g/mol. The van der Waals surface area contributed by atoms with Crippen LogP contribution in [0.5, 0.6) is 5.75 Å². The third kappa shape index (κ3) is 3.54. The molecule has 0 bridgehead atoms. The summed E-state index contributed by atoms with van der Waals surface area (Å²) in [6, 6.07) is 6.71. The minimum absolute atomic E-state index is 0.164. The van der Waals surface area contributed by atoms with Gasteiger partial charge in [0.2, 0.25) is 0 Å². The van der Waals surface area contributed by atoms with E-state index in [0.29, 0.717) is 11.3 Å². The molecule has 1 fully saturated rings. The van der Waals surface area contributed by atoms with E-state index in [1.807, 2.05) is 13.8 Å². The number of hydrogen-bond acceptors (Lipinski definition) is 3. The highest BCUT2D eigenvalue weighted by atomic mass is 16.5. The quantitative estimate of drug-likeness (QED) is 0.911. The Kier molecular flexibility index (Phi) is 4.83. The summed E-state index contributed by atoms with van der Waals surface area (Å²) in [5, 5.41) is 2.47. The molecule has 114 valence electrons. The van der Waals surface area contributed by atoms with Crippen molar-refractivity contribution in [2.75, 3.05) is 7.11 Å². The van der Waals surface area contributed by atoms with E-state index in [1.54, 1.807) is 36.3 Å². The molecule has 1 aromatic rings. The van der Waals surface area contributed by atoms with Crippen LogP contribution in [0.3, 0.4) is 0 Å². The van der Waals surface area contributed by atoms with Crippen molar-refractivity contribution >= 4 is 11.9 Å². The van der Waals surface area contributed by atoms with Crippen LogP contribution in [-0.2, 0) is 0 Å². The zero-order valence-corrected chi connectivity index (χ0v) is 12.8. The van der Waals surface area contributed by atoms with Gasteiger partial charge in [0.1, 0.15) is 5.75 Å². The summed E-state index contributed by atoms with van der Waals surface area (Å²) in [7, 11) is 1.57. The second-order valence-corrected chi connectivity index (χ2v) is 5.52. The first kappa shape index (κ1) is 15.4. The van der Waals surface area contributed by atoms with Gasteiger partial charge < -0.3 is 9.64 Å². The zero-order chi connectivity index (χ0) is 15.4. The maximum atomic E-state index is 12.3. The van der Waals surface area contributed by atoms with Crippen LogP contribution in [0.4, 0.5) is 4.79 Å². The topological polar surface area (TPSA) is 58.6 Å². The fraction of sp³-hybridized carbons (Fsp3) is 0.500. The number of benzene rings is 1. The number of amides is 3. The number of carbonyl (C=O) groups excluding carboxylic acids is 2. The minimum atomic E-state index is -0.382. The zero-order valence-electron chi connectivity index (χ0n) is 12.8. The number of ether oxygens (including phenoxy) is 1. The smallest absolute Gasteiger partial charge is 0.324 e. The molecule has 21 heavy (non-hydrogen) atoms. The first-order valence-corrected chi connectivity index (χ1v) is 7.30. The van der Waals surface area contributed by atoms with Crippen LogP contribution in [0, 0.1) is 0 Å². The molecule has 2 atom stereocenters. The minimum Gasteiger partial charge on any atom is -0.497 e. The number of piperidine rings is 1. The van der Waals surface area contributed by atoms with Gasteiger partial charge in [-0.15, -0.1) is 0 Å². The van der Waals surface area contributed by atoms with E-state index in [1.165, 1.54) is 0 Å². The predicted octanol–water partition coefficient (Wildman–Crippen LogP) is 2.81. The average Bonchev–Trinajstić information content (AvgIpc) is 2.47. The Morgan fingerprint density at radius 2 is 1.71 bits per heavy atom. The maximum Gasteiger partial charge on any atom is 0.324 e. The predicted molar refractivity (Wildman–Crippen MR) is 80.5 cm³/mol. The van der Waals surface area contributed by atoms with E-state index in [2.05, 4.69) is 5.32 Å². The average molecular weight is 290 g/mol. The largest absolute Gasteiger partial charge is 0.497 e. The van der Waals surface area contributed by atoms with Crippen molar-refractivity contribution in [3.63, 3.8) is 0 Å². The molecule has 0 spiro atoms. The third-order valence-electron chi connectivity index (χ3n) is 4.00. The van der Waals surface area contributed by atoms with Gasteiger partial charge in [-0.25, -0.2) is 4.79 Å². The molecule has 0 aliphatic carbocycles. The van der Waals surface area contributed by atoms with Crippen LogP contribution in [0.25, 0.3) is 0 Å². The highest BCUT2D eigenvalue weighted by molar-refractivity contribution is 6.04. The molecule has 1 N–H and O–H groups in total. The van der Waals surface area contributed by atoms with Crippen molar-refractivity contribution < 1.29 is 14.3 Å². The van der Waals surface area contributed by atoms with Crippen molar-refractivity contribution in [1.29, 1.82) is 0 Å². The standard InChI is InChI=1S/C16H22N2O3/c1-11-5-4-6-12(2)18(11)16(20)17-15(19)13-7-9-14(21-3)10-8-13/h7-12H,4-6H2,1-3H3,(H,17,19,20). The summed E-state index contributed by atoms with van der Waals surface area (Å²) in [5.41, 5.74) is 0.446. The number of rotatable bonds is 2. The van der Waals surface area contributed by atoms with E-state index in [-0.39, 0.29) is 24.0 Å². The molecule has 5 nitrogen and oxygen atoms in total. The van der Waals surface area contributed by atoms with E-state index < -0.39 is 0 Å². The van der Waals surface area contributed by atoms with Gasteiger partial charge in [-0.3, -0.25) is 10.1 Å². The number of imide groups is 1. The Morgan fingerprint density at radius 3 is 2.24 bits per heavy atom. The van der Waals surface area contributed by atoms with E-state index >= 15 is 0 Å². The Hall–Kier alpha value is -2.04. The lowest BCUT2D eigenvalue weighted by Gasteiger charge is -2.38. The molecule has 1 saturated heterocycles. The highest BCUT2D eigenvalue weighted by Crippen LogP contribution is 2.22. The first-order valence-electron chi connectivity index (χ1n) is 7.30. The van der Waals surface area contributed by atoms with Gasteiger partial charge in [0.25, 0.3) is 5.91 Å². The number of hydrogen-bond donors (Lipinski definition) is 1. The van der Waals surface area contributed by atoms with Gasteiger partial charge in [0.05, 0.1) is 7.11 Å². The normalized spacial score (nSPS) is 21.8. The molecule has 0 radical (unpaired) electrons. The van der Waals surface area contributed by atoms with Crippen LogP contribution >= 0.6 is 0 Å². The van der Waals surface area contributed by atoms with Crippen molar-refractivity contribution in [2.45, 2.75) is 45.2 Å². The molecule has 1 aliphatic heterocycles. The first-order chi connectivity index (χ1) is 10.0. The molecule has 2 unspecified atom stereocenters. The van der Waals surface area contributed by atoms with Crippen LogP contribution in [0.2, 0.25) is 0 Å². The summed E-state index contributed by atoms with van der Waals surface area (Å²) in [6.07, 6.45) is 3.08. The van der Waals surface area contributed by atoms with E-state index in [4.69, 9.17) is 4.74 Å². The Morgan fingerprint density at radius 1 is 1.14 bits per heavy atom. The number of nitrogens with one attached hydrogen (secondary N) is 1. The van der Waals surface area contributed by atoms with Crippen molar-refractivity contribution in [2.24, 2.45) is 0 Å². The number of nitrogens with zero attached hydrogens (tertiary/aromatic N) is 1. The Bertz CT molecular complexity index is 503. The van der Waals surface area contributed by atoms with Gasteiger partial charge in [-0.2, -0.15) is 0 Å². The van der Waals surface area contributed by atoms with Gasteiger partial charge in [-0.05, 0) is 57.4 Å². The third-order valence-corrected chi connectivity index (χ3v) is 4.00. The summed E-state index contributed by atoms with van der Waals surface area (Å²) >= 11 is 0.